The maximum atomic E-state index is 10.9. The first-order valence-corrected chi connectivity index (χ1v) is 5.38. The lowest BCUT2D eigenvalue weighted by atomic mass is 10.2. The van der Waals surface area contributed by atoms with Crippen LogP contribution in [0.3, 0.4) is 0 Å². The number of rotatable bonds is 6. The standard InChI is InChI=1S/C12H16N2O3/c1-2-4-10(12(15)16)17-9-6-3-5-8(7-9)11(13)14/h3,5-7,10H,2,4H2,1H3,(H3,13,14)(H,15,16). The SMILES string of the molecule is CCCC(Oc1cccc(C(=N)N)c1)C(=O)O. The van der Waals surface area contributed by atoms with Gasteiger partial charge in [-0.1, -0.05) is 25.5 Å². The van der Waals surface area contributed by atoms with Crippen molar-refractivity contribution in [2.45, 2.75) is 25.9 Å². The predicted molar refractivity (Wildman–Crippen MR) is 64.4 cm³/mol. The molecule has 1 aromatic rings. The number of nitrogens with two attached hydrogens (primary N) is 1. The van der Waals surface area contributed by atoms with E-state index in [1.807, 2.05) is 6.92 Å². The monoisotopic (exact) mass is 236 g/mol. The molecular weight excluding hydrogens is 220 g/mol. The van der Waals surface area contributed by atoms with Gasteiger partial charge < -0.3 is 15.6 Å². The van der Waals surface area contributed by atoms with Crippen molar-refractivity contribution >= 4 is 11.8 Å². The Kier molecular flexibility index (Phi) is 4.51. The van der Waals surface area contributed by atoms with Crippen LogP contribution in [0.15, 0.2) is 24.3 Å². The summed E-state index contributed by atoms with van der Waals surface area (Å²) in [4.78, 5) is 10.9. The highest BCUT2D eigenvalue weighted by Gasteiger charge is 2.18. The fraction of sp³-hybridized carbons (Fsp3) is 0.333. The second-order valence-electron chi connectivity index (χ2n) is 3.67. The summed E-state index contributed by atoms with van der Waals surface area (Å²) in [6.45, 7) is 1.89. The largest absolute Gasteiger partial charge is 0.479 e. The Bertz CT molecular complexity index is 418. The Morgan fingerprint density at radius 1 is 1.59 bits per heavy atom. The average molecular weight is 236 g/mol. The van der Waals surface area contributed by atoms with Gasteiger partial charge >= 0.3 is 5.97 Å². The highest BCUT2D eigenvalue weighted by atomic mass is 16.5. The summed E-state index contributed by atoms with van der Waals surface area (Å²) < 4.78 is 5.36. The molecule has 0 spiro atoms. The highest BCUT2D eigenvalue weighted by Crippen LogP contribution is 2.16. The maximum Gasteiger partial charge on any atom is 0.344 e. The van der Waals surface area contributed by atoms with Crippen LogP contribution in [-0.4, -0.2) is 23.0 Å². The molecule has 0 fully saturated rings. The molecule has 0 saturated carbocycles. The summed E-state index contributed by atoms with van der Waals surface area (Å²) in [6.07, 6.45) is 0.311. The van der Waals surface area contributed by atoms with Crippen LogP contribution in [0.25, 0.3) is 0 Å². The van der Waals surface area contributed by atoms with Gasteiger partial charge in [0.2, 0.25) is 0 Å². The number of hydrogen-bond donors (Lipinski definition) is 3. The Hall–Kier alpha value is -2.04. The van der Waals surface area contributed by atoms with E-state index in [1.54, 1.807) is 24.3 Å². The summed E-state index contributed by atoms with van der Waals surface area (Å²) in [6, 6.07) is 6.56. The third-order valence-corrected chi connectivity index (χ3v) is 2.25. The Balaban J connectivity index is 2.82. The number of nitrogen functional groups attached to an aromatic ring is 1. The number of ether oxygens (including phenoxy) is 1. The van der Waals surface area contributed by atoms with Gasteiger partial charge in [0.25, 0.3) is 0 Å². The molecule has 0 aliphatic carbocycles. The number of carbonyl (C=O) groups is 1. The van der Waals surface area contributed by atoms with Crippen molar-refractivity contribution in [3.05, 3.63) is 29.8 Å². The quantitative estimate of drug-likeness (QED) is 0.516. The van der Waals surface area contributed by atoms with Crippen molar-refractivity contribution in [2.75, 3.05) is 0 Å². The van der Waals surface area contributed by atoms with Crippen molar-refractivity contribution in [3.8, 4) is 5.75 Å². The van der Waals surface area contributed by atoms with Gasteiger partial charge in [-0.15, -0.1) is 0 Å². The molecule has 1 unspecified atom stereocenters. The molecule has 17 heavy (non-hydrogen) atoms. The second kappa shape index (κ2) is 5.89. The number of aliphatic carboxylic acids is 1. The molecular formula is C12H16N2O3. The molecule has 0 bridgehead atoms. The van der Waals surface area contributed by atoms with E-state index in [4.69, 9.17) is 21.0 Å². The molecule has 0 aromatic heterocycles. The van der Waals surface area contributed by atoms with Crippen molar-refractivity contribution < 1.29 is 14.6 Å². The molecule has 5 heteroatoms. The predicted octanol–water partition coefficient (Wildman–Crippen LogP) is 1.60. The van der Waals surface area contributed by atoms with E-state index >= 15 is 0 Å². The van der Waals surface area contributed by atoms with Crippen LogP contribution in [0.1, 0.15) is 25.3 Å². The van der Waals surface area contributed by atoms with Gasteiger partial charge in [0.1, 0.15) is 11.6 Å². The highest BCUT2D eigenvalue weighted by molar-refractivity contribution is 5.95. The van der Waals surface area contributed by atoms with E-state index in [9.17, 15) is 4.79 Å². The molecule has 0 heterocycles. The lowest BCUT2D eigenvalue weighted by molar-refractivity contribution is -0.145. The fourth-order valence-electron chi connectivity index (χ4n) is 1.40. The van der Waals surface area contributed by atoms with Gasteiger partial charge in [0.05, 0.1) is 0 Å². The van der Waals surface area contributed by atoms with Crippen LogP contribution in [0.5, 0.6) is 5.75 Å². The van der Waals surface area contributed by atoms with E-state index < -0.39 is 12.1 Å². The van der Waals surface area contributed by atoms with E-state index in [1.165, 1.54) is 0 Å². The van der Waals surface area contributed by atoms with Gasteiger partial charge in [-0.2, -0.15) is 0 Å². The number of hydrogen-bond acceptors (Lipinski definition) is 3. The van der Waals surface area contributed by atoms with Crippen LogP contribution in [-0.2, 0) is 4.79 Å². The van der Waals surface area contributed by atoms with Crippen molar-refractivity contribution in [1.82, 2.24) is 0 Å². The molecule has 0 radical (unpaired) electrons. The smallest absolute Gasteiger partial charge is 0.344 e. The molecule has 0 aliphatic heterocycles. The summed E-state index contributed by atoms with van der Waals surface area (Å²) >= 11 is 0. The second-order valence-corrected chi connectivity index (χ2v) is 3.67. The normalized spacial score (nSPS) is 11.8. The van der Waals surface area contributed by atoms with E-state index in [2.05, 4.69) is 0 Å². The average Bonchev–Trinajstić information content (AvgIpc) is 2.28. The van der Waals surface area contributed by atoms with Gasteiger partial charge in [-0.3, -0.25) is 5.41 Å². The minimum absolute atomic E-state index is 0.0715. The zero-order valence-corrected chi connectivity index (χ0v) is 9.64. The van der Waals surface area contributed by atoms with Crippen LogP contribution >= 0.6 is 0 Å². The van der Waals surface area contributed by atoms with Crippen LogP contribution in [0, 0.1) is 5.41 Å². The molecule has 1 rings (SSSR count). The number of nitrogens with one attached hydrogen (secondary N) is 1. The first kappa shape index (κ1) is 13.0. The van der Waals surface area contributed by atoms with E-state index in [0.29, 0.717) is 17.7 Å². The number of amidine groups is 1. The van der Waals surface area contributed by atoms with Crippen LogP contribution in [0.4, 0.5) is 0 Å². The number of benzene rings is 1. The molecule has 1 atom stereocenters. The number of carboxylic acids is 1. The Labute approximate surface area is 99.7 Å². The summed E-state index contributed by atoms with van der Waals surface area (Å²) in [5, 5.41) is 16.2. The third-order valence-electron chi connectivity index (χ3n) is 2.25. The van der Waals surface area contributed by atoms with Crippen molar-refractivity contribution in [3.63, 3.8) is 0 Å². The third kappa shape index (κ3) is 3.79. The lowest BCUT2D eigenvalue weighted by Gasteiger charge is -2.14. The topological polar surface area (TPSA) is 96.4 Å². The molecule has 0 amide bonds. The Morgan fingerprint density at radius 2 is 2.29 bits per heavy atom. The lowest BCUT2D eigenvalue weighted by Crippen LogP contribution is -2.26. The van der Waals surface area contributed by atoms with E-state index in [-0.39, 0.29) is 5.84 Å². The van der Waals surface area contributed by atoms with Crippen LogP contribution < -0.4 is 10.5 Å². The van der Waals surface area contributed by atoms with Gasteiger partial charge in [0, 0.05) is 5.56 Å². The number of carboxylic acid groups (broad SMARTS) is 1. The van der Waals surface area contributed by atoms with Gasteiger partial charge in [-0.25, -0.2) is 4.79 Å². The van der Waals surface area contributed by atoms with Gasteiger partial charge in [-0.05, 0) is 18.6 Å². The maximum absolute atomic E-state index is 10.9. The molecule has 4 N–H and O–H groups in total. The first-order chi connectivity index (χ1) is 8.04. The molecule has 0 saturated heterocycles. The zero-order valence-electron chi connectivity index (χ0n) is 9.64. The summed E-state index contributed by atoms with van der Waals surface area (Å²) in [7, 11) is 0. The van der Waals surface area contributed by atoms with Crippen molar-refractivity contribution in [2.24, 2.45) is 5.73 Å². The molecule has 0 aliphatic rings. The fourth-order valence-corrected chi connectivity index (χ4v) is 1.40. The summed E-state index contributed by atoms with van der Waals surface area (Å²) in [5.74, 6) is -0.642. The van der Waals surface area contributed by atoms with Gasteiger partial charge in [0.15, 0.2) is 6.10 Å². The molecule has 1 aromatic carbocycles. The van der Waals surface area contributed by atoms with E-state index in [0.717, 1.165) is 6.42 Å². The molecule has 5 nitrogen and oxygen atoms in total. The minimum atomic E-state index is -0.986. The minimum Gasteiger partial charge on any atom is -0.479 e. The van der Waals surface area contributed by atoms with Crippen LogP contribution in [0.2, 0.25) is 0 Å². The van der Waals surface area contributed by atoms with Crippen molar-refractivity contribution in [1.29, 1.82) is 5.41 Å². The summed E-state index contributed by atoms with van der Waals surface area (Å²) in [5.41, 5.74) is 5.86. The Morgan fingerprint density at radius 3 is 2.82 bits per heavy atom. The molecule has 92 valence electrons. The first-order valence-electron chi connectivity index (χ1n) is 5.38. The zero-order chi connectivity index (χ0) is 12.8.